The molecule has 0 aliphatic carbocycles. The molecule has 0 aliphatic rings. The fourth-order valence-corrected chi connectivity index (χ4v) is 2.58. The molecular formula is C23H15F3N2O2. The molecule has 3 rings (SSSR count). The Morgan fingerprint density at radius 1 is 0.933 bits per heavy atom. The van der Waals surface area contributed by atoms with Gasteiger partial charge in [0.05, 0.1) is 5.56 Å². The second-order valence-corrected chi connectivity index (χ2v) is 6.19. The van der Waals surface area contributed by atoms with Crippen LogP contribution in [0.25, 0.3) is 6.08 Å². The van der Waals surface area contributed by atoms with E-state index in [1.165, 1.54) is 18.2 Å². The number of carbonyl (C=O) groups excluding carboxylic acids is 1. The molecule has 4 nitrogen and oxygen atoms in total. The van der Waals surface area contributed by atoms with Crippen molar-refractivity contribution >= 4 is 17.7 Å². The van der Waals surface area contributed by atoms with Crippen molar-refractivity contribution in [1.82, 2.24) is 0 Å². The van der Waals surface area contributed by atoms with E-state index in [4.69, 9.17) is 4.74 Å². The molecule has 3 aromatic carbocycles. The van der Waals surface area contributed by atoms with Crippen LogP contribution in [0.3, 0.4) is 0 Å². The fourth-order valence-electron chi connectivity index (χ4n) is 2.58. The Morgan fingerprint density at radius 3 is 2.33 bits per heavy atom. The van der Waals surface area contributed by atoms with Gasteiger partial charge in [-0.25, -0.2) is 0 Å². The van der Waals surface area contributed by atoms with Gasteiger partial charge in [0.25, 0.3) is 5.91 Å². The first-order valence-corrected chi connectivity index (χ1v) is 8.78. The van der Waals surface area contributed by atoms with Crippen molar-refractivity contribution in [2.24, 2.45) is 0 Å². The Morgan fingerprint density at radius 2 is 1.63 bits per heavy atom. The molecule has 0 unspecified atom stereocenters. The molecule has 0 fully saturated rings. The van der Waals surface area contributed by atoms with Gasteiger partial charge in [0.15, 0.2) is 0 Å². The standard InChI is InChI=1S/C23H15F3N2O2/c24-23(25,26)18-7-5-8-19(14-18)28-22(29)17(15-27)12-16-6-4-11-21(13-16)30-20-9-2-1-3-10-20/h1-14H,(H,28,29)/b17-12+. The third-order valence-electron chi connectivity index (χ3n) is 3.96. The average molecular weight is 408 g/mol. The van der Waals surface area contributed by atoms with Crippen LogP contribution >= 0.6 is 0 Å². The van der Waals surface area contributed by atoms with Gasteiger partial charge in [-0.2, -0.15) is 18.4 Å². The monoisotopic (exact) mass is 408 g/mol. The molecule has 0 saturated carbocycles. The maximum atomic E-state index is 12.8. The summed E-state index contributed by atoms with van der Waals surface area (Å²) in [6.07, 6.45) is -3.20. The van der Waals surface area contributed by atoms with Crippen LogP contribution in [0.1, 0.15) is 11.1 Å². The second-order valence-electron chi connectivity index (χ2n) is 6.19. The summed E-state index contributed by atoms with van der Waals surface area (Å²) in [5.41, 5.74) is -0.686. The number of rotatable bonds is 5. The predicted octanol–water partition coefficient (Wildman–Crippen LogP) is 6.04. The van der Waals surface area contributed by atoms with Gasteiger partial charge in [-0.05, 0) is 54.1 Å². The molecule has 0 heterocycles. The molecule has 0 radical (unpaired) electrons. The van der Waals surface area contributed by atoms with Crippen molar-refractivity contribution in [3.8, 4) is 17.6 Å². The molecule has 7 heteroatoms. The number of benzene rings is 3. The van der Waals surface area contributed by atoms with E-state index in [-0.39, 0.29) is 11.3 Å². The second kappa shape index (κ2) is 8.97. The molecule has 1 N–H and O–H groups in total. The molecule has 0 spiro atoms. The van der Waals surface area contributed by atoms with Crippen molar-refractivity contribution in [2.75, 3.05) is 5.32 Å². The van der Waals surface area contributed by atoms with E-state index in [9.17, 15) is 23.2 Å². The summed E-state index contributed by atoms with van der Waals surface area (Å²) < 4.78 is 44.2. The van der Waals surface area contributed by atoms with Crippen LogP contribution in [-0.4, -0.2) is 5.91 Å². The number of ether oxygens (including phenoxy) is 1. The SMILES string of the molecule is N#C/C(=C\c1cccc(Oc2ccccc2)c1)C(=O)Nc1cccc(C(F)(F)F)c1. The van der Waals surface area contributed by atoms with Crippen LogP contribution in [0, 0.1) is 11.3 Å². The van der Waals surface area contributed by atoms with Crippen LogP contribution in [0.2, 0.25) is 0 Å². The third kappa shape index (κ3) is 5.49. The van der Waals surface area contributed by atoms with E-state index in [2.05, 4.69) is 5.32 Å². The molecule has 0 atom stereocenters. The van der Waals surface area contributed by atoms with E-state index in [0.717, 1.165) is 12.1 Å². The van der Waals surface area contributed by atoms with Gasteiger partial charge in [0.2, 0.25) is 0 Å². The molecule has 0 bridgehead atoms. The van der Waals surface area contributed by atoms with Crippen LogP contribution in [0.5, 0.6) is 11.5 Å². The maximum Gasteiger partial charge on any atom is 0.416 e. The van der Waals surface area contributed by atoms with E-state index in [0.29, 0.717) is 17.1 Å². The molecule has 150 valence electrons. The molecule has 30 heavy (non-hydrogen) atoms. The van der Waals surface area contributed by atoms with E-state index in [1.54, 1.807) is 42.5 Å². The summed E-state index contributed by atoms with van der Waals surface area (Å²) in [6.45, 7) is 0. The minimum absolute atomic E-state index is 0.0582. The summed E-state index contributed by atoms with van der Waals surface area (Å²) >= 11 is 0. The lowest BCUT2D eigenvalue weighted by molar-refractivity contribution is -0.137. The minimum Gasteiger partial charge on any atom is -0.457 e. The number of nitriles is 1. The van der Waals surface area contributed by atoms with Crippen molar-refractivity contribution in [3.05, 3.63) is 95.6 Å². The highest BCUT2D eigenvalue weighted by Crippen LogP contribution is 2.30. The van der Waals surface area contributed by atoms with Gasteiger partial charge in [0.1, 0.15) is 23.1 Å². The first-order chi connectivity index (χ1) is 14.3. The summed E-state index contributed by atoms with van der Waals surface area (Å²) in [4.78, 5) is 12.4. The Kier molecular flexibility index (Phi) is 6.18. The maximum absolute atomic E-state index is 12.8. The van der Waals surface area contributed by atoms with Gasteiger partial charge in [-0.15, -0.1) is 0 Å². The number of nitrogens with one attached hydrogen (secondary N) is 1. The Bertz CT molecular complexity index is 1120. The number of hydrogen-bond acceptors (Lipinski definition) is 3. The van der Waals surface area contributed by atoms with Crippen molar-refractivity contribution in [3.63, 3.8) is 0 Å². The predicted molar refractivity (Wildman–Crippen MR) is 107 cm³/mol. The topological polar surface area (TPSA) is 62.1 Å². The Hall–Kier alpha value is -4.05. The summed E-state index contributed by atoms with van der Waals surface area (Å²) in [6, 6.07) is 21.8. The molecule has 0 saturated heterocycles. The van der Waals surface area contributed by atoms with Gasteiger partial charge in [-0.1, -0.05) is 36.4 Å². The Labute approximate surface area is 170 Å². The number of anilines is 1. The van der Waals surface area contributed by atoms with Crippen molar-refractivity contribution in [1.29, 1.82) is 5.26 Å². The van der Waals surface area contributed by atoms with E-state index < -0.39 is 17.6 Å². The molecule has 0 aromatic heterocycles. The first-order valence-electron chi connectivity index (χ1n) is 8.78. The number of hydrogen-bond donors (Lipinski definition) is 1. The summed E-state index contributed by atoms with van der Waals surface area (Å²) in [7, 11) is 0. The number of nitrogens with zero attached hydrogens (tertiary/aromatic N) is 1. The number of carbonyl (C=O) groups is 1. The summed E-state index contributed by atoms with van der Waals surface area (Å²) in [5.74, 6) is 0.318. The van der Waals surface area contributed by atoms with Crippen LogP contribution < -0.4 is 10.1 Å². The van der Waals surface area contributed by atoms with Gasteiger partial charge < -0.3 is 10.1 Å². The minimum atomic E-state index is -4.53. The number of para-hydroxylation sites is 1. The van der Waals surface area contributed by atoms with E-state index in [1.807, 2.05) is 18.2 Å². The lowest BCUT2D eigenvalue weighted by atomic mass is 10.1. The molecule has 1 amide bonds. The highest BCUT2D eigenvalue weighted by Gasteiger charge is 2.30. The van der Waals surface area contributed by atoms with E-state index >= 15 is 0 Å². The van der Waals surface area contributed by atoms with Gasteiger partial charge in [-0.3, -0.25) is 4.79 Å². The number of amides is 1. The first kappa shape index (κ1) is 20.7. The highest BCUT2D eigenvalue weighted by atomic mass is 19.4. The highest BCUT2D eigenvalue weighted by molar-refractivity contribution is 6.09. The number of alkyl halides is 3. The number of halogens is 3. The van der Waals surface area contributed by atoms with Crippen LogP contribution in [0.15, 0.2) is 84.4 Å². The zero-order valence-corrected chi connectivity index (χ0v) is 15.5. The molecular weight excluding hydrogens is 393 g/mol. The van der Waals surface area contributed by atoms with Crippen molar-refractivity contribution < 1.29 is 22.7 Å². The zero-order chi connectivity index (χ0) is 21.6. The van der Waals surface area contributed by atoms with Crippen LogP contribution in [0.4, 0.5) is 18.9 Å². The normalized spacial score (nSPS) is 11.5. The average Bonchev–Trinajstić information content (AvgIpc) is 2.72. The molecule has 3 aromatic rings. The van der Waals surface area contributed by atoms with Gasteiger partial charge in [0, 0.05) is 5.69 Å². The van der Waals surface area contributed by atoms with Gasteiger partial charge >= 0.3 is 6.18 Å². The quantitative estimate of drug-likeness (QED) is 0.413. The van der Waals surface area contributed by atoms with Crippen LogP contribution in [-0.2, 0) is 11.0 Å². The fraction of sp³-hybridized carbons (Fsp3) is 0.0435. The lowest BCUT2D eigenvalue weighted by Crippen LogP contribution is -2.14. The third-order valence-corrected chi connectivity index (χ3v) is 3.96. The lowest BCUT2D eigenvalue weighted by Gasteiger charge is -2.09. The smallest absolute Gasteiger partial charge is 0.416 e. The Balaban J connectivity index is 1.78. The summed E-state index contributed by atoms with van der Waals surface area (Å²) in [5, 5.41) is 11.7. The molecule has 0 aliphatic heterocycles. The zero-order valence-electron chi connectivity index (χ0n) is 15.5. The van der Waals surface area contributed by atoms with Crippen molar-refractivity contribution in [2.45, 2.75) is 6.18 Å². The largest absolute Gasteiger partial charge is 0.457 e.